The molecule has 1 N–H and O–H groups in total. The smallest absolute Gasteiger partial charge is 0.296 e. The third kappa shape index (κ3) is 5.02. The molecule has 2 rings (SSSR count). The highest BCUT2D eigenvalue weighted by atomic mass is 35.5. The number of hydrogen-bond donors (Lipinski definition) is 1. The molecule has 22 heavy (non-hydrogen) atoms. The average molecular weight is 338 g/mol. The lowest BCUT2D eigenvalue weighted by Crippen LogP contribution is -2.32. The zero-order valence-electron chi connectivity index (χ0n) is 11.8. The lowest BCUT2D eigenvalue weighted by molar-refractivity contribution is -0.115. The van der Waals surface area contributed by atoms with Gasteiger partial charge in [0.15, 0.2) is 10.3 Å². The van der Waals surface area contributed by atoms with Gasteiger partial charge in [0.2, 0.25) is 0 Å². The third-order valence-electron chi connectivity index (χ3n) is 2.67. The molecular formula is C15H13ClFN3OS. The Balaban J connectivity index is 1.79. The summed E-state index contributed by atoms with van der Waals surface area (Å²) in [5.74, 6) is 4.86. The van der Waals surface area contributed by atoms with Crippen molar-refractivity contribution in [3.05, 3.63) is 46.2 Å². The molecule has 0 saturated heterocycles. The molecule has 4 nitrogen and oxygen atoms in total. The molecule has 114 valence electrons. The van der Waals surface area contributed by atoms with Gasteiger partial charge < -0.3 is 10.2 Å². The number of benzene rings is 1. The molecule has 0 aliphatic carbocycles. The Morgan fingerprint density at radius 1 is 1.55 bits per heavy atom. The van der Waals surface area contributed by atoms with Gasteiger partial charge in [-0.15, -0.1) is 0 Å². The fraction of sp³-hybridized carbons (Fsp3) is 0.200. The van der Waals surface area contributed by atoms with E-state index in [0.717, 1.165) is 11.3 Å². The minimum Gasteiger partial charge on any atom is -0.349 e. The second-order valence-electron chi connectivity index (χ2n) is 4.38. The van der Waals surface area contributed by atoms with E-state index >= 15 is 0 Å². The van der Waals surface area contributed by atoms with Gasteiger partial charge in [0.05, 0.1) is 6.20 Å². The maximum atomic E-state index is 12.9. The molecule has 0 aliphatic heterocycles. The van der Waals surface area contributed by atoms with Crippen LogP contribution in [0.3, 0.4) is 0 Å². The van der Waals surface area contributed by atoms with Crippen LogP contribution in [0.15, 0.2) is 30.5 Å². The molecule has 1 aromatic heterocycles. The number of carbonyl (C=O) groups excluding carboxylic acids is 1. The van der Waals surface area contributed by atoms with E-state index in [2.05, 4.69) is 22.1 Å². The van der Waals surface area contributed by atoms with Gasteiger partial charge in [0.25, 0.3) is 5.91 Å². The number of hydrogen-bond acceptors (Lipinski definition) is 4. The molecule has 2 aromatic rings. The zero-order valence-corrected chi connectivity index (χ0v) is 13.3. The summed E-state index contributed by atoms with van der Waals surface area (Å²) in [6.45, 7) is 0.901. The fourth-order valence-electron chi connectivity index (χ4n) is 1.59. The summed E-state index contributed by atoms with van der Waals surface area (Å²) in [6.07, 6.45) is 1.17. The summed E-state index contributed by atoms with van der Waals surface area (Å²) in [5.41, 5.74) is 0.679. The van der Waals surface area contributed by atoms with Gasteiger partial charge in [-0.2, -0.15) is 4.39 Å². The summed E-state index contributed by atoms with van der Waals surface area (Å²) in [7, 11) is 1.78. The minimum absolute atomic E-state index is 0.335. The average Bonchev–Trinajstić information content (AvgIpc) is 2.92. The monoisotopic (exact) mass is 337 g/mol. The SMILES string of the molecule is CN(CCNC(=O)C#Cc1cccc(Cl)c1)c1ncc(F)s1. The quantitative estimate of drug-likeness (QED) is 0.872. The van der Waals surface area contributed by atoms with Crippen molar-refractivity contribution >= 4 is 34.0 Å². The summed E-state index contributed by atoms with van der Waals surface area (Å²) >= 11 is 6.79. The normalized spacial score (nSPS) is 9.77. The van der Waals surface area contributed by atoms with Crippen molar-refractivity contribution in [1.29, 1.82) is 0 Å². The van der Waals surface area contributed by atoms with Crippen LogP contribution < -0.4 is 10.2 Å². The molecule has 1 amide bonds. The maximum Gasteiger partial charge on any atom is 0.296 e. The second kappa shape index (κ2) is 7.78. The highest BCUT2D eigenvalue weighted by molar-refractivity contribution is 7.14. The van der Waals surface area contributed by atoms with E-state index < -0.39 is 0 Å². The number of likely N-dealkylation sites (N-methyl/N-ethyl adjacent to an activating group) is 1. The topological polar surface area (TPSA) is 45.2 Å². The first-order valence-corrected chi connectivity index (χ1v) is 7.62. The molecule has 0 atom stereocenters. The number of carbonyl (C=O) groups is 1. The number of aromatic nitrogens is 1. The van der Waals surface area contributed by atoms with Crippen LogP contribution in [0, 0.1) is 17.0 Å². The Morgan fingerprint density at radius 3 is 3.05 bits per heavy atom. The van der Waals surface area contributed by atoms with Gasteiger partial charge >= 0.3 is 0 Å². The van der Waals surface area contributed by atoms with E-state index in [4.69, 9.17) is 11.6 Å². The first-order valence-electron chi connectivity index (χ1n) is 6.42. The molecular weight excluding hydrogens is 325 g/mol. The lowest BCUT2D eigenvalue weighted by atomic mass is 10.2. The van der Waals surface area contributed by atoms with Crippen molar-refractivity contribution in [3.63, 3.8) is 0 Å². The summed E-state index contributed by atoms with van der Waals surface area (Å²) in [5, 5.41) is 3.48. The van der Waals surface area contributed by atoms with Crippen LogP contribution in [0.1, 0.15) is 5.56 Å². The van der Waals surface area contributed by atoms with E-state index in [9.17, 15) is 9.18 Å². The summed E-state index contributed by atoms with van der Waals surface area (Å²) in [6, 6.07) is 6.97. The van der Waals surface area contributed by atoms with Gasteiger partial charge in [-0.3, -0.25) is 4.79 Å². The van der Waals surface area contributed by atoms with E-state index in [1.54, 1.807) is 36.2 Å². The molecule has 1 heterocycles. The van der Waals surface area contributed by atoms with Gasteiger partial charge in [0.1, 0.15) is 0 Å². The number of anilines is 1. The van der Waals surface area contributed by atoms with Crippen LogP contribution in [0.25, 0.3) is 0 Å². The van der Waals surface area contributed by atoms with Crippen molar-refractivity contribution in [1.82, 2.24) is 10.3 Å². The van der Waals surface area contributed by atoms with Crippen molar-refractivity contribution in [2.45, 2.75) is 0 Å². The Bertz CT molecular complexity index is 723. The second-order valence-corrected chi connectivity index (χ2v) is 5.78. The number of thiazole rings is 1. The summed E-state index contributed by atoms with van der Waals surface area (Å²) in [4.78, 5) is 17.3. The number of amides is 1. The highest BCUT2D eigenvalue weighted by Crippen LogP contribution is 2.18. The molecule has 0 bridgehead atoms. The van der Waals surface area contributed by atoms with E-state index in [-0.39, 0.29) is 11.0 Å². The van der Waals surface area contributed by atoms with Gasteiger partial charge in [-0.25, -0.2) is 4.98 Å². The van der Waals surface area contributed by atoms with Crippen molar-refractivity contribution < 1.29 is 9.18 Å². The van der Waals surface area contributed by atoms with Gasteiger partial charge in [-0.05, 0) is 18.2 Å². The molecule has 0 fully saturated rings. The van der Waals surface area contributed by atoms with E-state index in [0.29, 0.717) is 28.8 Å². The molecule has 1 aromatic carbocycles. The van der Waals surface area contributed by atoms with Crippen molar-refractivity contribution in [3.8, 4) is 11.8 Å². The predicted octanol–water partition coefficient (Wildman–Crippen LogP) is 2.54. The van der Waals surface area contributed by atoms with Crippen molar-refractivity contribution in [2.24, 2.45) is 0 Å². The summed E-state index contributed by atoms with van der Waals surface area (Å²) < 4.78 is 12.9. The molecule has 0 saturated carbocycles. The zero-order chi connectivity index (χ0) is 15.9. The predicted molar refractivity (Wildman–Crippen MR) is 86.7 cm³/mol. The largest absolute Gasteiger partial charge is 0.349 e. The van der Waals surface area contributed by atoms with Crippen LogP contribution in [-0.4, -0.2) is 31.0 Å². The third-order valence-corrected chi connectivity index (χ3v) is 3.80. The Morgan fingerprint density at radius 2 is 2.36 bits per heavy atom. The van der Waals surface area contributed by atoms with E-state index in [1.165, 1.54) is 6.20 Å². The van der Waals surface area contributed by atoms with Crippen LogP contribution in [0.5, 0.6) is 0 Å². The number of nitrogens with one attached hydrogen (secondary N) is 1. The fourth-order valence-corrected chi connectivity index (χ4v) is 2.42. The Labute approximate surface area is 136 Å². The Hall–Kier alpha value is -2.10. The maximum absolute atomic E-state index is 12.9. The number of nitrogens with zero attached hydrogens (tertiary/aromatic N) is 2. The first kappa shape index (κ1) is 16.3. The standard InChI is InChI=1S/C15H13ClFN3OS/c1-20(15-19-10-13(17)22-15)8-7-18-14(21)6-5-11-3-2-4-12(16)9-11/h2-4,9-10H,7-8H2,1H3,(H,18,21). The molecule has 0 aliphatic rings. The van der Waals surface area contributed by atoms with Crippen LogP contribution in [0.4, 0.5) is 9.52 Å². The minimum atomic E-state index is -0.376. The first-order chi connectivity index (χ1) is 10.5. The van der Waals surface area contributed by atoms with Crippen LogP contribution >= 0.6 is 22.9 Å². The van der Waals surface area contributed by atoms with Crippen LogP contribution in [-0.2, 0) is 4.79 Å². The number of rotatable bonds is 4. The molecule has 0 spiro atoms. The molecule has 0 unspecified atom stereocenters. The molecule has 0 radical (unpaired) electrons. The van der Waals surface area contributed by atoms with Crippen molar-refractivity contribution in [2.75, 3.05) is 25.0 Å². The van der Waals surface area contributed by atoms with E-state index in [1.807, 2.05) is 0 Å². The van der Waals surface area contributed by atoms with Gasteiger partial charge in [0, 0.05) is 36.6 Å². The van der Waals surface area contributed by atoms with Gasteiger partial charge in [-0.1, -0.05) is 34.9 Å². The highest BCUT2D eigenvalue weighted by Gasteiger charge is 2.06. The van der Waals surface area contributed by atoms with Crippen LogP contribution in [0.2, 0.25) is 5.02 Å². The molecule has 7 heteroatoms. The number of halogens is 2. The lowest BCUT2D eigenvalue weighted by Gasteiger charge is -2.14. The Kier molecular flexibility index (Phi) is 5.75.